The van der Waals surface area contributed by atoms with E-state index in [9.17, 15) is 9.59 Å². The number of carbonyl (C=O) groups is 2. The molecular weight excluding hydrogens is 386 g/mol. The zero-order valence-corrected chi connectivity index (χ0v) is 18.6. The number of benzene rings is 1. The zero-order chi connectivity index (χ0) is 21.8. The van der Waals surface area contributed by atoms with Gasteiger partial charge in [0.1, 0.15) is 17.0 Å². The normalized spacial score (nSPS) is 29.2. The largest absolute Gasteiger partial charge is 0.487 e. The van der Waals surface area contributed by atoms with E-state index in [2.05, 4.69) is 13.8 Å². The number of carbonyl (C=O) groups excluding carboxylic acids is 2. The van der Waals surface area contributed by atoms with Crippen LogP contribution in [0.15, 0.2) is 18.2 Å². The number of amides is 1. The van der Waals surface area contributed by atoms with Crippen molar-refractivity contribution in [2.24, 2.45) is 5.92 Å². The van der Waals surface area contributed by atoms with Crippen molar-refractivity contribution in [1.29, 1.82) is 0 Å². The molecule has 0 saturated carbocycles. The molecule has 30 heavy (non-hydrogen) atoms. The van der Waals surface area contributed by atoms with Crippen LogP contribution in [0.4, 0.5) is 4.79 Å². The lowest BCUT2D eigenvalue weighted by Crippen LogP contribution is -2.55. The van der Waals surface area contributed by atoms with Crippen LogP contribution >= 0.6 is 0 Å². The summed E-state index contributed by atoms with van der Waals surface area (Å²) >= 11 is 0. The van der Waals surface area contributed by atoms with Crippen molar-refractivity contribution in [3.63, 3.8) is 0 Å². The predicted octanol–water partition coefficient (Wildman–Crippen LogP) is 4.10. The standard InChI is InChI=1S/C23H31NO6/c1-22(2,3)30-21(26)24-10-9-18-16(24)12-15-19(28-18)14-11-13(20(25)27-6)7-8-17(14)29-23(15,4)5/h7-8,11,15-16,18-19H,9-10,12H2,1-6H3/t15-,16-,18-,19+/m1/s1. The van der Waals surface area contributed by atoms with E-state index in [4.69, 9.17) is 18.9 Å². The van der Waals surface area contributed by atoms with Gasteiger partial charge in [-0.1, -0.05) is 0 Å². The summed E-state index contributed by atoms with van der Waals surface area (Å²) in [5, 5.41) is 0. The number of hydrogen-bond acceptors (Lipinski definition) is 6. The lowest BCUT2D eigenvalue weighted by Gasteiger charge is -2.50. The molecule has 1 aromatic rings. The molecule has 1 aromatic carbocycles. The number of ether oxygens (including phenoxy) is 4. The first-order chi connectivity index (χ1) is 14.0. The maximum absolute atomic E-state index is 12.8. The SMILES string of the molecule is COC(=O)c1ccc2c(c1)[C@@H]1O[C@@H]3CCN(C(=O)OC(C)(C)C)[C@@H]3C[C@H]1C(C)(C)O2. The average Bonchev–Trinajstić information content (AvgIpc) is 3.07. The van der Waals surface area contributed by atoms with Gasteiger partial charge in [0.25, 0.3) is 0 Å². The molecule has 3 heterocycles. The smallest absolute Gasteiger partial charge is 0.410 e. The molecule has 3 aliphatic heterocycles. The van der Waals surface area contributed by atoms with E-state index >= 15 is 0 Å². The molecule has 0 radical (unpaired) electrons. The Bertz CT molecular complexity index is 858. The van der Waals surface area contributed by atoms with Crippen LogP contribution in [0.5, 0.6) is 5.75 Å². The van der Waals surface area contributed by atoms with Gasteiger partial charge in [-0.3, -0.25) is 0 Å². The molecule has 0 unspecified atom stereocenters. The van der Waals surface area contributed by atoms with Crippen LogP contribution in [0.25, 0.3) is 0 Å². The van der Waals surface area contributed by atoms with Crippen LogP contribution in [-0.2, 0) is 14.2 Å². The van der Waals surface area contributed by atoms with E-state index in [1.807, 2.05) is 37.8 Å². The first-order valence-electron chi connectivity index (χ1n) is 10.6. The second-order valence-electron chi connectivity index (χ2n) is 9.92. The Morgan fingerprint density at radius 2 is 1.97 bits per heavy atom. The van der Waals surface area contributed by atoms with Crippen LogP contribution in [0.2, 0.25) is 0 Å². The van der Waals surface area contributed by atoms with E-state index in [1.54, 1.807) is 6.07 Å². The summed E-state index contributed by atoms with van der Waals surface area (Å²) in [5.74, 6) is 0.376. The quantitative estimate of drug-likeness (QED) is 0.641. The topological polar surface area (TPSA) is 74.3 Å². The Balaban J connectivity index is 1.63. The van der Waals surface area contributed by atoms with Gasteiger partial charge in [-0.05, 0) is 65.7 Å². The minimum Gasteiger partial charge on any atom is -0.487 e. The highest BCUT2D eigenvalue weighted by molar-refractivity contribution is 5.89. The third kappa shape index (κ3) is 3.64. The van der Waals surface area contributed by atoms with Crippen molar-refractivity contribution in [3.8, 4) is 5.75 Å². The third-order valence-corrected chi connectivity index (χ3v) is 6.30. The number of nitrogens with zero attached hydrogens (tertiary/aromatic N) is 1. The maximum Gasteiger partial charge on any atom is 0.410 e. The van der Waals surface area contributed by atoms with Gasteiger partial charge in [-0.25, -0.2) is 9.59 Å². The first-order valence-corrected chi connectivity index (χ1v) is 10.6. The second-order valence-corrected chi connectivity index (χ2v) is 9.92. The molecule has 2 saturated heterocycles. The van der Waals surface area contributed by atoms with Crippen molar-refractivity contribution < 1.29 is 28.5 Å². The average molecular weight is 418 g/mol. The van der Waals surface area contributed by atoms with Gasteiger partial charge in [-0.2, -0.15) is 0 Å². The number of fused-ring (bicyclic) bond motifs is 4. The molecule has 0 bridgehead atoms. The van der Waals surface area contributed by atoms with Crippen LogP contribution in [0.3, 0.4) is 0 Å². The first kappa shape index (κ1) is 21.0. The van der Waals surface area contributed by atoms with Crippen molar-refractivity contribution in [2.45, 2.75) is 76.9 Å². The summed E-state index contributed by atoms with van der Waals surface area (Å²) in [7, 11) is 1.37. The molecule has 4 atom stereocenters. The fourth-order valence-corrected chi connectivity index (χ4v) is 4.88. The fraction of sp³-hybridized carbons (Fsp3) is 0.652. The lowest BCUT2D eigenvalue weighted by atomic mass is 9.73. The Kier molecular flexibility index (Phi) is 5.00. The van der Waals surface area contributed by atoms with Crippen molar-refractivity contribution >= 4 is 12.1 Å². The molecule has 1 amide bonds. The number of esters is 1. The van der Waals surface area contributed by atoms with E-state index in [-0.39, 0.29) is 36.2 Å². The molecule has 0 spiro atoms. The molecule has 3 aliphatic rings. The molecule has 7 nitrogen and oxygen atoms in total. The Hall–Kier alpha value is -2.28. The summed E-state index contributed by atoms with van der Waals surface area (Å²) in [5.41, 5.74) is 0.337. The van der Waals surface area contributed by atoms with E-state index in [0.717, 1.165) is 24.2 Å². The summed E-state index contributed by atoms with van der Waals surface area (Å²) in [6.45, 7) is 10.3. The van der Waals surface area contributed by atoms with Gasteiger partial charge >= 0.3 is 12.1 Å². The van der Waals surface area contributed by atoms with Crippen LogP contribution in [0, 0.1) is 5.92 Å². The number of methoxy groups -OCH3 is 1. The highest BCUT2D eigenvalue weighted by Crippen LogP contribution is 2.53. The number of hydrogen-bond donors (Lipinski definition) is 0. The minimum atomic E-state index is -0.538. The van der Waals surface area contributed by atoms with Crippen LogP contribution in [-0.4, -0.2) is 54.0 Å². The maximum atomic E-state index is 12.8. The van der Waals surface area contributed by atoms with Crippen molar-refractivity contribution in [3.05, 3.63) is 29.3 Å². The van der Waals surface area contributed by atoms with E-state index in [0.29, 0.717) is 12.1 Å². The fourth-order valence-electron chi connectivity index (χ4n) is 4.88. The molecule has 7 heteroatoms. The molecule has 0 aliphatic carbocycles. The van der Waals surface area contributed by atoms with Gasteiger partial charge in [0.15, 0.2) is 0 Å². The van der Waals surface area contributed by atoms with Crippen molar-refractivity contribution in [1.82, 2.24) is 4.90 Å². The van der Waals surface area contributed by atoms with Crippen LogP contribution in [0.1, 0.15) is 69.5 Å². The molecule has 2 fully saturated rings. The highest BCUT2D eigenvalue weighted by atomic mass is 16.6. The monoisotopic (exact) mass is 417 g/mol. The Morgan fingerprint density at radius 1 is 1.23 bits per heavy atom. The third-order valence-electron chi connectivity index (χ3n) is 6.30. The van der Waals surface area contributed by atoms with Crippen molar-refractivity contribution in [2.75, 3.05) is 13.7 Å². The summed E-state index contributed by atoms with van der Waals surface area (Å²) in [4.78, 5) is 26.6. The molecule has 4 rings (SSSR count). The van der Waals surface area contributed by atoms with Gasteiger partial charge in [0.2, 0.25) is 0 Å². The van der Waals surface area contributed by atoms with Gasteiger partial charge < -0.3 is 23.8 Å². The summed E-state index contributed by atoms with van der Waals surface area (Å²) in [6.07, 6.45) is 0.958. The van der Waals surface area contributed by atoms with Gasteiger partial charge in [0, 0.05) is 18.0 Å². The lowest BCUT2D eigenvalue weighted by molar-refractivity contribution is -0.161. The molecule has 0 N–H and O–H groups in total. The molecule has 0 aromatic heterocycles. The summed E-state index contributed by atoms with van der Waals surface area (Å²) < 4.78 is 23.4. The second kappa shape index (κ2) is 7.15. The highest BCUT2D eigenvalue weighted by Gasteiger charge is 2.54. The van der Waals surface area contributed by atoms with Crippen LogP contribution < -0.4 is 4.74 Å². The number of likely N-dealkylation sites (tertiary alicyclic amines) is 1. The minimum absolute atomic E-state index is 0.0298. The Morgan fingerprint density at radius 3 is 2.63 bits per heavy atom. The van der Waals surface area contributed by atoms with Gasteiger partial charge in [0.05, 0.1) is 30.9 Å². The molecular formula is C23H31NO6. The molecule has 164 valence electrons. The summed E-state index contributed by atoms with van der Waals surface area (Å²) in [6, 6.07) is 5.30. The zero-order valence-electron chi connectivity index (χ0n) is 18.6. The van der Waals surface area contributed by atoms with E-state index < -0.39 is 11.2 Å². The number of rotatable bonds is 1. The Labute approximate surface area is 177 Å². The van der Waals surface area contributed by atoms with Gasteiger partial charge in [-0.15, -0.1) is 0 Å². The van der Waals surface area contributed by atoms with E-state index in [1.165, 1.54) is 7.11 Å². The predicted molar refractivity (Wildman–Crippen MR) is 110 cm³/mol.